The van der Waals surface area contributed by atoms with E-state index in [9.17, 15) is 4.79 Å². The Labute approximate surface area is 101 Å². The maximum absolute atomic E-state index is 11.9. The van der Waals surface area contributed by atoms with Crippen LogP contribution in [-0.4, -0.2) is 33.2 Å². The summed E-state index contributed by atoms with van der Waals surface area (Å²) in [6.07, 6.45) is 0.0165. The van der Waals surface area contributed by atoms with Crippen molar-refractivity contribution in [2.45, 2.75) is 46.6 Å². The second kappa shape index (κ2) is 4.87. The highest BCUT2D eigenvalue weighted by atomic mass is 16.6. The zero-order chi connectivity index (χ0) is 13.2. The molecule has 0 bridgehead atoms. The van der Waals surface area contributed by atoms with Gasteiger partial charge in [0.15, 0.2) is 0 Å². The van der Waals surface area contributed by atoms with Crippen LogP contribution < -0.4 is 0 Å². The Bertz CT molecular complexity index is 416. The van der Waals surface area contributed by atoms with E-state index in [4.69, 9.17) is 9.84 Å². The van der Waals surface area contributed by atoms with E-state index in [1.54, 1.807) is 6.92 Å². The minimum Gasteiger partial charge on any atom is -0.442 e. The van der Waals surface area contributed by atoms with Gasteiger partial charge in [-0.2, -0.15) is 9.78 Å². The van der Waals surface area contributed by atoms with Crippen LogP contribution in [0.3, 0.4) is 0 Å². The van der Waals surface area contributed by atoms with E-state index in [2.05, 4.69) is 5.10 Å². The standard InChI is InChI=1S/C12H20N2O3/c1-8-10(6-7-15)9(2)14(13-8)11(16)17-12(3,4)5/h15H,6-7H2,1-5H3. The molecule has 0 saturated carbocycles. The van der Waals surface area contributed by atoms with E-state index in [-0.39, 0.29) is 6.61 Å². The molecule has 5 heteroatoms. The smallest absolute Gasteiger partial charge is 0.435 e. The third-order valence-electron chi connectivity index (χ3n) is 2.37. The van der Waals surface area contributed by atoms with Crippen molar-refractivity contribution in [3.63, 3.8) is 0 Å². The van der Waals surface area contributed by atoms with Gasteiger partial charge in [0.2, 0.25) is 0 Å². The second-order valence-corrected chi connectivity index (χ2v) is 5.02. The van der Waals surface area contributed by atoms with Crippen LogP contribution in [0.1, 0.15) is 37.7 Å². The minimum absolute atomic E-state index is 0.0433. The molecule has 5 nitrogen and oxygen atoms in total. The van der Waals surface area contributed by atoms with Crippen LogP contribution in [0.4, 0.5) is 4.79 Å². The van der Waals surface area contributed by atoms with Gasteiger partial charge in [0.25, 0.3) is 0 Å². The van der Waals surface area contributed by atoms with Gasteiger partial charge in [-0.3, -0.25) is 0 Å². The third-order valence-corrected chi connectivity index (χ3v) is 2.37. The first-order valence-electron chi connectivity index (χ1n) is 5.65. The van der Waals surface area contributed by atoms with Crippen LogP contribution in [0.15, 0.2) is 0 Å². The van der Waals surface area contributed by atoms with E-state index in [1.807, 2.05) is 27.7 Å². The highest BCUT2D eigenvalue weighted by Gasteiger charge is 2.22. The lowest BCUT2D eigenvalue weighted by Gasteiger charge is -2.19. The van der Waals surface area contributed by atoms with Gasteiger partial charge in [0.05, 0.1) is 11.4 Å². The first-order chi connectivity index (χ1) is 7.76. The number of hydrogen-bond acceptors (Lipinski definition) is 4. The molecular formula is C12H20N2O3. The van der Waals surface area contributed by atoms with Gasteiger partial charge in [0, 0.05) is 6.61 Å². The van der Waals surface area contributed by atoms with E-state index in [0.29, 0.717) is 6.42 Å². The van der Waals surface area contributed by atoms with E-state index >= 15 is 0 Å². The molecular weight excluding hydrogens is 220 g/mol. The fourth-order valence-corrected chi connectivity index (χ4v) is 1.63. The molecule has 1 heterocycles. The molecule has 0 fully saturated rings. The Balaban J connectivity index is 3.00. The number of carbonyl (C=O) groups excluding carboxylic acids is 1. The Hall–Kier alpha value is -1.36. The normalized spacial score (nSPS) is 11.6. The molecule has 0 saturated heterocycles. The molecule has 0 aliphatic heterocycles. The summed E-state index contributed by atoms with van der Waals surface area (Å²) in [5.74, 6) is 0. The average Bonchev–Trinajstić information content (AvgIpc) is 2.43. The van der Waals surface area contributed by atoms with Crippen LogP contribution >= 0.6 is 0 Å². The number of ether oxygens (including phenoxy) is 1. The molecule has 0 spiro atoms. The van der Waals surface area contributed by atoms with Crippen LogP contribution in [0.2, 0.25) is 0 Å². The molecule has 1 N–H and O–H groups in total. The number of nitrogens with zero attached hydrogens (tertiary/aromatic N) is 2. The van der Waals surface area contributed by atoms with Crippen molar-refractivity contribution in [3.8, 4) is 0 Å². The summed E-state index contributed by atoms with van der Waals surface area (Å²) in [5, 5.41) is 13.1. The quantitative estimate of drug-likeness (QED) is 0.856. The lowest BCUT2D eigenvalue weighted by atomic mass is 10.1. The average molecular weight is 240 g/mol. The molecule has 1 aromatic heterocycles. The van der Waals surface area contributed by atoms with Gasteiger partial charge in [-0.05, 0) is 46.6 Å². The lowest BCUT2D eigenvalue weighted by Crippen LogP contribution is -2.28. The van der Waals surface area contributed by atoms with Crippen molar-refractivity contribution in [1.82, 2.24) is 9.78 Å². The Morgan fingerprint density at radius 2 is 2.00 bits per heavy atom. The monoisotopic (exact) mass is 240 g/mol. The van der Waals surface area contributed by atoms with E-state index in [0.717, 1.165) is 17.0 Å². The minimum atomic E-state index is -0.541. The molecule has 17 heavy (non-hydrogen) atoms. The van der Waals surface area contributed by atoms with Crippen molar-refractivity contribution >= 4 is 6.09 Å². The van der Waals surface area contributed by atoms with Crippen LogP contribution in [0.5, 0.6) is 0 Å². The van der Waals surface area contributed by atoms with Gasteiger partial charge in [-0.1, -0.05) is 0 Å². The van der Waals surface area contributed by atoms with Gasteiger partial charge < -0.3 is 9.84 Å². The molecule has 0 amide bonds. The summed E-state index contributed by atoms with van der Waals surface area (Å²) in [6.45, 7) is 9.09. The summed E-state index contributed by atoms with van der Waals surface area (Å²) in [5.41, 5.74) is 1.84. The molecule has 0 aromatic carbocycles. The van der Waals surface area contributed by atoms with Crippen molar-refractivity contribution in [2.24, 2.45) is 0 Å². The molecule has 0 aliphatic carbocycles. The van der Waals surface area contributed by atoms with E-state index < -0.39 is 11.7 Å². The molecule has 96 valence electrons. The Morgan fingerprint density at radius 3 is 2.47 bits per heavy atom. The first kappa shape index (κ1) is 13.7. The Morgan fingerprint density at radius 1 is 1.41 bits per heavy atom. The van der Waals surface area contributed by atoms with Crippen LogP contribution in [0, 0.1) is 13.8 Å². The number of rotatable bonds is 2. The van der Waals surface area contributed by atoms with Gasteiger partial charge in [-0.25, -0.2) is 4.79 Å². The van der Waals surface area contributed by atoms with Crippen molar-refractivity contribution in [1.29, 1.82) is 0 Å². The number of hydrogen-bond donors (Lipinski definition) is 1. The largest absolute Gasteiger partial charge is 0.442 e. The van der Waals surface area contributed by atoms with E-state index in [1.165, 1.54) is 4.68 Å². The zero-order valence-corrected chi connectivity index (χ0v) is 11.1. The molecule has 1 aromatic rings. The molecule has 0 unspecified atom stereocenters. The number of aliphatic hydroxyl groups is 1. The fourth-order valence-electron chi connectivity index (χ4n) is 1.63. The summed E-state index contributed by atoms with van der Waals surface area (Å²) < 4.78 is 6.51. The topological polar surface area (TPSA) is 64.4 Å². The van der Waals surface area contributed by atoms with Crippen LogP contribution in [0.25, 0.3) is 0 Å². The van der Waals surface area contributed by atoms with Gasteiger partial charge in [0.1, 0.15) is 5.60 Å². The second-order valence-electron chi connectivity index (χ2n) is 5.02. The number of aryl methyl sites for hydroxylation is 1. The van der Waals surface area contributed by atoms with Crippen molar-refractivity contribution < 1.29 is 14.6 Å². The summed E-state index contributed by atoms with van der Waals surface area (Å²) >= 11 is 0. The molecule has 0 atom stereocenters. The van der Waals surface area contributed by atoms with Crippen LogP contribution in [-0.2, 0) is 11.2 Å². The van der Waals surface area contributed by atoms with Gasteiger partial charge >= 0.3 is 6.09 Å². The fraction of sp³-hybridized carbons (Fsp3) is 0.667. The predicted molar refractivity (Wildman–Crippen MR) is 64.1 cm³/mol. The first-order valence-corrected chi connectivity index (χ1v) is 5.65. The SMILES string of the molecule is Cc1nn(C(=O)OC(C)(C)C)c(C)c1CCO. The van der Waals surface area contributed by atoms with Crippen molar-refractivity contribution in [3.05, 3.63) is 17.0 Å². The van der Waals surface area contributed by atoms with Crippen molar-refractivity contribution in [2.75, 3.05) is 6.61 Å². The number of aromatic nitrogens is 2. The third kappa shape index (κ3) is 3.30. The van der Waals surface area contributed by atoms with Gasteiger partial charge in [-0.15, -0.1) is 0 Å². The number of carbonyl (C=O) groups is 1. The Kier molecular flexibility index (Phi) is 3.93. The maximum Gasteiger partial charge on any atom is 0.435 e. The zero-order valence-electron chi connectivity index (χ0n) is 11.1. The highest BCUT2D eigenvalue weighted by Crippen LogP contribution is 2.16. The molecule has 0 radical (unpaired) electrons. The highest BCUT2D eigenvalue weighted by molar-refractivity contribution is 5.71. The maximum atomic E-state index is 11.9. The summed E-state index contributed by atoms with van der Waals surface area (Å²) in [4.78, 5) is 11.9. The predicted octanol–water partition coefficient (Wildman–Crippen LogP) is 1.82. The molecule has 1 rings (SSSR count). The molecule has 0 aliphatic rings. The summed E-state index contributed by atoms with van der Waals surface area (Å²) in [7, 11) is 0. The summed E-state index contributed by atoms with van der Waals surface area (Å²) in [6, 6.07) is 0. The lowest BCUT2D eigenvalue weighted by molar-refractivity contribution is 0.0510. The number of aliphatic hydroxyl groups excluding tert-OH is 1.